The second-order valence-electron chi connectivity index (χ2n) is 9.59. The number of nitrogens with one attached hydrogen (secondary N) is 3. The molecule has 3 aromatic carbocycles. The molecule has 194 valence electrons. The summed E-state index contributed by atoms with van der Waals surface area (Å²) in [5, 5.41) is 6.47. The van der Waals surface area contributed by atoms with Crippen LogP contribution in [0.2, 0.25) is 0 Å². The fourth-order valence-corrected chi connectivity index (χ4v) is 5.11. The van der Waals surface area contributed by atoms with Crippen molar-refractivity contribution >= 4 is 34.3 Å². The average Bonchev–Trinajstić information content (AvgIpc) is 3.48. The molecule has 4 aromatic rings. The molecule has 8 heteroatoms. The van der Waals surface area contributed by atoms with Gasteiger partial charge in [0.1, 0.15) is 11.8 Å². The number of H-pyrrole nitrogens is 1. The minimum Gasteiger partial charge on any atom is -0.497 e. The van der Waals surface area contributed by atoms with E-state index in [-0.39, 0.29) is 24.4 Å². The first kappa shape index (κ1) is 25.1. The molecule has 2 atom stereocenters. The van der Waals surface area contributed by atoms with Crippen LogP contribution in [0.25, 0.3) is 10.9 Å². The summed E-state index contributed by atoms with van der Waals surface area (Å²) in [5.74, 6) is -1.39. The molecule has 0 spiro atoms. The van der Waals surface area contributed by atoms with Gasteiger partial charge in [-0.2, -0.15) is 0 Å². The van der Waals surface area contributed by atoms with E-state index in [1.807, 2.05) is 86.8 Å². The van der Waals surface area contributed by atoms with Crippen LogP contribution in [0.15, 0.2) is 79.0 Å². The molecule has 0 unspecified atom stereocenters. The molecule has 2 heterocycles. The van der Waals surface area contributed by atoms with Crippen LogP contribution in [0.5, 0.6) is 5.75 Å². The van der Waals surface area contributed by atoms with Crippen molar-refractivity contribution in [2.75, 3.05) is 18.6 Å². The summed E-state index contributed by atoms with van der Waals surface area (Å²) in [6.07, 6.45) is 1.93. The topological polar surface area (TPSA) is 104 Å². The maximum Gasteiger partial charge on any atom is 0.310 e. The number of amides is 3. The van der Waals surface area contributed by atoms with E-state index in [1.54, 1.807) is 18.1 Å². The van der Waals surface area contributed by atoms with Gasteiger partial charge < -0.3 is 25.3 Å². The van der Waals surface area contributed by atoms with Crippen LogP contribution in [0.1, 0.15) is 42.5 Å². The summed E-state index contributed by atoms with van der Waals surface area (Å²) < 4.78 is 5.30. The number of aromatic amines is 1. The van der Waals surface area contributed by atoms with Crippen molar-refractivity contribution in [3.63, 3.8) is 0 Å². The molecule has 0 radical (unpaired) electrons. The van der Waals surface area contributed by atoms with E-state index >= 15 is 0 Å². The van der Waals surface area contributed by atoms with Gasteiger partial charge in [0.15, 0.2) is 0 Å². The number of carbonyl (C=O) groups is 3. The van der Waals surface area contributed by atoms with Gasteiger partial charge in [0.25, 0.3) is 5.91 Å². The van der Waals surface area contributed by atoms with Gasteiger partial charge in [-0.3, -0.25) is 14.4 Å². The van der Waals surface area contributed by atoms with Crippen molar-refractivity contribution in [2.45, 2.75) is 31.8 Å². The van der Waals surface area contributed by atoms with Crippen LogP contribution in [-0.4, -0.2) is 42.4 Å². The summed E-state index contributed by atoms with van der Waals surface area (Å²) in [4.78, 5) is 44.0. The highest BCUT2D eigenvalue weighted by atomic mass is 16.5. The lowest BCUT2D eigenvalue weighted by atomic mass is 9.90. The van der Waals surface area contributed by atoms with E-state index in [4.69, 9.17) is 4.74 Å². The van der Waals surface area contributed by atoms with Crippen LogP contribution in [0.4, 0.5) is 5.69 Å². The minimum absolute atomic E-state index is 0.0826. The van der Waals surface area contributed by atoms with Crippen LogP contribution in [0.3, 0.4) is 0 Å². The predicted octanol–water partition coefficient (Wildman–Crippen LogP) is 4.04. The van der Waals surface area contributed by atoms with E-state index < -0.39 is 17.9 Å². The van der Waals surface area contributed by atoms with Crippen LogP contribution >= 0.6 is 0 Å². The Morgan fingerprint density at radius 2 is 1.68 bits per heavy atom. The van der Waals surface area contributed by atoms with Gasteiger partial charge in [0.05, 0.1) is 7.11 Å². The molecule has 3 N–H and O–H groups in total. The van der Waals surface area contributed by atoms with E-state index in [0.717, 1.165) is 33.5 Å². The third kappa shape index (κ3) is 4.61. The number of ether oxygens (including phenoxy) is 1. The van der Waals surface area contributed by atoms with E-state index in [0.29, 0.717) is 5.56 Å². The third-order valence-corrected chi connectivity index (χ3v) is 6.97. The SMILES string of the molecule is COc1ccc([C@@H](CNC(=O)C(=O)N[C@H]2C(=O)N(C(C)C)c3ccccc32)c2c[nH]c3ccccc23)cc1. The quantitative estimate of drug-likeness (QED) is 0.327. The summed E-state index contributed by atoms with van der Waals surface area (Å²) >= 11 is 0. The molecular weight excluding hydrogens is 480 g/mol. The highest BCUT2D eigenvalue weighted by Gasteiger charge is 2.40. The molecule has 0 bridgehead atoms. The summed E-state index contributed by atoms with van der Waals surface area (Å²) in [5.41, 5.74) is 4.38. The van der Waals surface area contributed by atoms with Gasteiger partial charge in [-0.1, -0.05) is 48.5 Å². The fourth-order valence-electron chi connectivity index (χ4n) is 5.11. The molecule has 0 saturated heterocycles. The second-order valence-corrected chi connectivity index (χ2v) is 9.59. The average molecular weight is 511 g/mol. The summed E-state index contributed by atoms with van der Waals surface area (Å²) in [7, 11) is 1.61. The summed E-state index contributed by atoms with van der Waals surface area (Å²) in [6.45, 7) is 4.01. The zero-order valence-corrected chi connectivity index (χ0v) is 21.5. The van der Waals surface area contributed by atoms with Crippen LogP contribution in [-0.2, 0) is 14.4 Å². The number of hydrogen-bond donors (Lipinski definition) is 3. The lowest BCUT2D eigenvalue weighted by Gasteiger charge is -2.22. The lowest BCUT2D eigenvalue weighted by molar-refractivity contribution is -0.140. The van der Waals surface area contributed by atoms with Gasteiger partial charge in [-0.15, -0.1) is 0 Å². The van der Waals surface area contributed by atoms with Crippen molar-refractivity contribution in [2.24, 2.45) is 0 Å². The number of aromatic nitrogens is 1. The molecule has 5 rings (SSSR count). The van der Waals surface area contributed by atoms with E-state index in [1.165, 1.54) is 0 Å². The van der Waals surface area contributed by atoms with Crippen LogP contribution in [0, 0.1) is 0 Å². The number of benzene rings is 3. The fraction of sp³-hybridized carbons (Fsp3) is 0.233. The Labute approximate surface area is 221 Å². The van der Waals surface area contributed by atoms with Gasteiger partial charge in [0.2, 0.25) is 0 Å². The number of anilines is 1. The Hall–Kier alpha value is -4.59. The number of carbonyl (C=O) groups excluding carboxylic acids is 3. The maximum atomic E-state index is 13.1. The molecule has 1 aliphatic rings. The Kier molecular flexibility index (Phi) is 6.87. The zero-order valence-electron chi connectivity index (χ0n) is 21.5. The number of nitrogens with zero attached hydrogens (tertiary/aromatic N) is 1. The highest BCUT2D eigenvalue weighted by Crippen LogP contribution is 2.37. The molecule has 0 aliphatic carbocycles. The third-order valence-electron chi connectivity index (χ3n) is 6.97. The number of rotatable bonds is 7. The first-order valence-electron chi connectivity index (χ1n) is 12.6. The standard InChI is InChI=1S/C30H30N4O4/c1-18(2)34-26-11-7-5-9-22(26)27(30(34)37)33-29(36)28(35)32-16-23(19-12-14-20(38-3)15-13-19)24-17-31-25-10-6-4-8-21(24)25/h4-15,17-18,23,27,31H,16H2,1-3H3,(H,32,35)(H,33,36)/t23-,27-/m1/s1. The maximum absolute atomic E-state index is 13.1. The number of para-hydroxylation sites is 2. The molecular formula is C30H30N4O4. The van der Waals surface area contributed by atoms with Crippen molar-refractivity contribution in [3.05, 3.63) is 95.7 Å². The second kappa shape index (κ2) is 10.4. The first-order valence-corrected chi connectivity index (χ1v) is 12.6. The molecule has 38 heavy (non-hydrogen) atoms. The normalized spacial score (nSPS) is 15.4. The molecule has 8 nitrogen and oxygen atoms in total. The van der Waals surface area contributed by atoms with Gasteiger partial charge >= 0.3 is 11.8 Å². The monoisotopic (exact) mass is 510 g/mol. The number of fused-ring (bicyclic) bond motifs is 2. The first-order chi connectivity index (χ1) is 18.4. The van der Waals surface area contributed by atoms with Gasteiger partial charge in [-0.25, -0.2) is 0 Å². The van der Waals surface area contributed by atoms with Crippen molar-refractivity contribution in [1.29, 1.82) is 0 Å². The zero-order chi connectivity index (χ0) is 26.8. The smallest absolute Gasteiger partial charge is 0.310 e. The van der Waals surface area contributed by atoms with E-state index in [2.05, 4.69) is 15.6 Å². The molecule has 1 aromatic heterocycles. The number of hydrogen-bond acceptors (Lipinski definition) is 4. The summed E-state index contributed by atoms with van der Waals surface area (Å²) in [6, 6.07) is 21.9. The Balaban J connectivity index is 1.35. The predicted molar refractivity (Wildman–Crippen MR) is 146 cm³/mol. The Morgan fingerprint density at radius 3 is 2.42 bits per heavy atom. The lowest BCUT2D eigenvalue weighted by Crippen LogP contribution is -2.46. The van der Waals surface area contributed by atoms with Gasteiger partial charge in [-0.05, 0) is 49.2 Å². The van der Waals surface area contributed by atoms with Gasteiger partial charge in [0, 0.05) is 46.9 Å². The van der Waals surface area contributed by atoms with E-state index in [9.17, 15) is 14.4 Å². The van der Waals surface area contributed by atoms with Crippen molar-refractivity contribution < 1.29 is 19.1 Å². The number of methoxy groups -OCH3 is 1. The van der Waals surface area contributed by atoms with Crippen molar-refractivity contribution in [1.82, 2.24) is 15.6 Å². The highest BCUT2D eigenvalue weighted by molar-refractivity contribution is 6.35. The van der Waals surface area contributed by atoms with Crippen molar-refractivity contribution in [3.8, 4) is 5.75 Å². The van der Waals surface area contributed by atoms with Crippen LogP contribution < -0.4 is 20.3 Å². The molecule has 0 saturated carbocycles. The minimum atomic E-state index is -0.905. The molecule has 1 aliphatic heterocycles. The largest absolute Gasteiger partial charge is 0.497 e. The molecule has 3 amide bonds. The Morgan fingerprint density at radius 1 is 0.974 bits per heavy atom. The molecule has 0 fully saturated rings. The Bertz CT molecular complexity index is 1490.